The van der Waals surface area contributed by atoms with E-state index in [-0.39, 0.29) is 20.1 Å². The van der Waals surface area contributed by atoms with Crippen LogP contribution in [0.25, 0.3) is 44.4 Å². The summed E-state index contributed by atoms with van der Waals surface area (Å²) >= 11 is 0. The van der Waals surface area contributed by atoms with Gasteiger partial charge in [-0.05, 0) is 34.2 Å². The van der Waals surface area contributed by atoms with E-state index in [0.29, 0.717) is 0 Å². The van der Waals surface area contributed by atoms with Crippen molar-refractivity contribution in [2.24, 2.45) is 0 Å². The van der Waals surface area contributed by atoms with Gasteiger partial charge in [-0.3, -0.25) is 4.98 Å². The Morgan fingerprint density at radius 3 is 2.06 bits per heavy atom. The number of nitrogens with zero attached hydrogens (tertiary/aromatic N) is 3. The molecule has 0 amide bonds. The Bertz CT molecular complexity index is 1450. The SMILES string of the molecule is [Ir].[c-]1ccc(-c2ccc3ccccc3c2)cc1-c1cnccn1.[c-]1ccccc1-c1ccccn1. The molecule has 6 aromatic rings. The fraction of sp³-hybridized carbons (Fsp3) is 0. The summed E-state index contributed by atoms with van der Waals surface area (Å²) in [6.07, 6.45) is 6.93. The zero-order valence-electron chi connectivity index (χ0n) is 18.8. The van der Waals surface area contributed by atoms with Gasteiger partial charge in [0.2, 0.25) is 0 Å². The molecule has 0 saturated carbocycles. The van der Waals surface area contributed by atoms with Crippen LogP contribution in [0.3, 0.4) is 0 Å². The molecule has 2 heterocycles. The van der Waals surface area contributed by atoms with E-state index in [4.69, 9.17) is 0 Å². The first-order valence-corrected chi connectivity index (χ1v) is 11.0. The Balaban J connectivity index is 0.000000189. The Kier molecular flexibility index (Phi) is 8.24. The van der Waals surface area contributed by atoms with Crippen LogP contribution in [0.4, 0.5) is 0 Å². The van der Waals surface area contributed by atoms with Crippen molar-refractivity contribution in [1.82, 2.24) is 15.0 Å². The van der Waals surface area contributed by atoms with Gasteiger partial charge in [0.15, 0.2) is 0 Å². The van der Waals surface area contributed by atoms with Crippen LogP contribution in [0, 0.1) is 12.1 Å². The number of fused-ring (bicyclic) bond motifs is 1. The van der Waals surface area contributed by atoms with Crippen molar-refractivity contribution in [1.29, 1.82) is 0 Å². The summed E-state index contributed by atoms with van der Waals surface area (Å²) in [7, 11) is 0. The molecular weight excluding hydrogens is 607 g/mol. The van der Waals surface area contributed by atoms with E-state index in [1.54, 1.807) is 24.8 Å². The van der Waals surface area contributed by atoms with E-state index in [2.05, 4.69) is 81.7 Å². The minimum absolute atomic E-state index is 0. The van der Waals surface area contributed by atoms with E-state index in [1.165, 1.54) is 16.3 Å². The van der Waals surface area contributed by atoms with Crippen molar-refractivity contribution < 1.29 is 20.1 Å². The minimum atomic E-state index is 0. The second-order valence-electron chi connectivity index (χ2n) is 7.63. The number of benzene rings is 4. The molecule has 0 unspecified atom stereocenters. The van der Waals surface area contributed by atoms with Crippen LogP contribution >= 0.6 is 0 Å². The van der Waals surface area contributed by atoms with Gasteiger partial charge in [-0.2, -0.15) is 0 Å². The van der Waals surface area contributed by atoms with Crippen LogP contribution in [0.5, 0.6) is 0 Å². The number of rotatable bonds is 3. The first-order valence-electron chi connectivity index (χ1n) is 11.0. The van der Waals surface area contributed by atoms with Crippen LogP contribution in [0.1, 0.15) is 0 Å². The third-order valence-corrected chi connectivity index (χ3v) is 5.37. The summed E-state index contributed by atoms with van der Waals surface area (Å²) in [5.41, 5.74) is 6.16. The van der Waals surface area contributed by atoms with E-state index in [0.717, 1.165) is 28.1 Å². The molecule has 6 rings (SSSR count). The molecule has 0 aliphatic carbocycles. The van der Waals surface area contributed by atoms with Crippen LogP contribution in [-0.2, 0) is 20.1 Å². The smallest absolute Gasteiger partial charge is 0.0432 e. The van der Waals surface area contributed by atoms with Crippen molar-refractivity contribution in [3.63, 3.8) is 0 Å². The van der Waals surface area contributed by atoms with Crippen molar-refractivity contribution in [3.05, 3.63) is 140 Å². The molecule has 0 fully saturated rings. The third kappa shape index (κ3) is 6.13. The Labute approximate surface area is 218 Å². The van der Waals surface area contributed by atoms with Gasteiger partial charge in [-0.25, -0.2) is 0 Å². The molecule has 0 aliphatic heterocycles. The van der Waals surface area contributed by atoms with Crippen molar-refractivity contribution in [2.75, 3.05) is 0 Å². The van der Waals surface area contributed by atoms with E-state index >= 15 is 0 Å². The summed E-state index contributed by atoms with van der Waals surface area (Å²) in [5, 5.41) is 2.50. The number of hydrogen-bond acceptors (Lipinski definition) is 3. The summed E-state index contributed by atoms with van der Waals surface area (Å²) in [6.45, 7) is 0. The van der Waals surface area contributed by atoms with Crippen LogP contribution in [0.15, 0.2) is 128 Å². The normalized spacial score (nSPS) is 10.1. The molecule has 35 heavy (non-hydrogen) atoms. The molecule has 0 spiro atoms. The predicted octanol–water partition coefficient (Wildman–Crippen LogP) is 7.31. The van der Waals surface area contributed by atoms with E-state index < -0.39 is 0 Å². The first kappa shape index (κ1) is 24.2. The van der Waals surface area contributed by atoms with Gasteiger partial charge in [-0.1, -0.05) is 48.5 Å². The topological polar surface area (TPSA) is 38.7 Å². The summed E-state index contributed by atoms with van der Waals surface area (Å²) in [6, 6.07) is 41.1. The van der Waals surface area contributed by atoms with Gasteiger partial charge in [-0.15, -0.1) is 71.3 Å². The monoisotopic (exact) mass is 628 g/mol. The Morgan fingerprint density at radius 2 is 1.29 bits per heavy atom. The zero-order chi connectivity index (χ0) is 23.0. The van der Waals surface area contributed by atoms with Gasteiger partial charge in [0.05, 0.1) is 0 Å². The molecule has 0 atom stereocenters. The molecule has 0 bridgehead atoms. The van der Waals surface area contributed by atoms with Gasteiger partial charge in [0, 0.05) is 50.6 Å². The second-order valence-corrected chi connectivity index (χ2v) is 7.63. The third-order valence-electron chi connectivity index (χ3n) is 5.37. The fourth-order valence-electron chi connectivity index (χ4n) is 3.68. The largest absolute Gasteiger partial charge is 0.305 e. The first-order chi connectivity index (χ1) is 16.9. The van der Waals surface area contributed by atoms with Crippen LogP contribution in [0.2, 0.25) is 0 Å². The molecule has 3 nitrogen and oxygen atoms in total. The summed E-state index contributed by atoms with van der Waals surface area (Å²) in [5.74, 6) is 0. The van der Waals surface area contributed by atoms with E-state index in [1.807, 2.05) is 48.5 Å². The molecule has 1 radical (unpaired) electrons. The summed E-state index contributed by atoms with van der Waals surface area (Å²) in [4.78, 5) is 12.7. The predicted molar refractivity (Wildman–Crippen MR) is 138 cm³/mol. The second kappa shape index (κ2) is 11.9. The molecule has 0 saturated heterocycles. The maximum Gasteiger partial charge on any atom is 0.0432 e. The van der Waals surface area contributed by atoms with Gasteiger partial charge in [0.1, 0.15) is 0 Å². The molecule has 4 aromatic carbocycles. The van der Waals surface area contributed by atoms with Crippen molar-refractivity contribution in [2.45, 2.75) is 0 Å². The molecule has 171 valence electrons. The fourth-order valence-corrected chi connectivity index (χ4v) is 3.68. The molecule has 0 aliphatic rings. The number of hydrogen-bond donors (Lipinski definition) is 0. The van der Waals surface area contributed by atoms with Gasteiger partial charge < -0.3 is 9.97 Å². The number of pyridine rings is 1. The molecule has 2 aromatic heterocycles. The Hall–Kier alpha value is -3.98. The molecular formula is C31H21IrN3-2. The van der Waals surface area contributed by atoms with Crippen LogP contribution in [-0.4, -0.2) is 15.0 Å². The van der Waals surface area contributed by atoms with Gasteiger partial charge in [0.25, 0.3) is 0 Å². The van der Waals surface area contributed by atoms with E-state index in [9.17, 15) is 0 Å². The van der Waals surface area contributed by atoms with Gasteiger partial charge >= 0.3 is 0 Å². The number of aromatic nitrogens is 3. The van der Waals surface area contributed by atoms with Crippen LogP contribution < -0.4 is 0 Å². The van der Waals surface area contributed by atoms with Crippen molar-refractivity contribution in [3.8, 4) is 33.6 Å². The van der Waals surface area contributed by atoms with Crippen molar-refractivity contribution >= 4 is 10.8 Å². The molecule has 4 heteroatoms. The minimum Gasteiger partial charge on any atom is -0.305 e. The molecule has 0 N–H and O–H groups in total. The quantitative estimate of drug-likeness (QED) is 0.193. The maximum atomic E-state index is 4.34. The zero-order valence-corrected chi connectivity index (χ0v) is 21.2. The average Bonchev–Trinajstić information content (AvgIpc) is 2.95. The summed E-state index contributed by atoms with van der Waals surface area (Å²) < 4.78 is 0. The Morgan fingerprint density at radius 1 is 0.514 bits per heavy atom. The standard InChI is InChI=1S/C20H13N2.C11H8N.Ir/c1-2-5-16-12-18(9-8-15(16)4-1)17-6-3-7-19(13-17)20-14-21-10-11-22-20;1-2-6-10(7-3-1)11-8-4-5-9-12-11;/h1-6,8-14H;1-6,8-9H;/q2*-1;. The average molecular weight is 628 g/mol. The maximum absolute atomic E-state index is 4.34.